The van der Waals surface area contributed by atoms with E-state index in [-0.39, 0.29) is 23.1 Å². The molecule has 0 radical (unpaired) electrons. The average molecular weight is 310 g/mol. The Hall–Kier alpha value is -1.09. The molecule has 0 bridgehead atoms. The zero-order valence-corrected chi connectivity index (χ0v) is 12.1. The number of furan rings is 1. The molecule has 0 amide bonds. The first-order valence-electron chi connectivity index (χ1n) is 5.44. The van der Waals surface area contributed by atoms with E-state index in [1.807, 2.05) is 11.9 Å². The van der Waals surface area contributed by atoms with Gasteiger partial charge in [-0.15, -0.1) is 25.1 Å². The molecule has 1 aromatic rings. The summed E-state index contributed by atoms with van der Waals surface area (Å²) < 4.78 is 30.0. The zero-order valence-electron chi connectivity index (χ0n) is 10.4. The van der Waals surface area contributed by atoms with Gasteiger partial charge in [-0.25, -0.2) is 0 Å². The van der Waals surface area contributed by atoms with Crippen LogP contribution < -0.4 is 0 Å². The number of nitrogens with zero attached hydrogens (tertiary/aromatic N) is 3. The van der Waals surface area contributed by atoms with Crippen LogP contribution in [0, 0.1) is 5.21 Å². The second-order valence-corrected chi connectivity index (χ2v) is 5.99. The predicted molar refractivity (Wildman–Crippen MR) is 72.6 cm³/mol. The molecule has 0 aromatic carbocycles. The van der Waals surface area contributed by atoms with Gasteiger partial charge in [-0.05, 0) is 19.2 Å². The van der Waals surface area contributed by atoms with Gasteiger partial charge in [0, 0.05) is 19.6 Å². The molecule has 9 heteroatoms. The molecule has 1 atom stereocenters. The summed E-state index contributed by atoms with van der Waals surface area (Å²) in [5.74, 6) is 0.520. The van der Waals surface area contributed by atoms with Gasteiger partial charge in [-0.2, -0.15) is 0 Å². The first-order chi connectivity index (χ1) is 8.43. The van der Waals surface area contributed by atoms with Crippen molar-refractivity contribution in [1.29, 1.82) is 0 Å². The number of hydrogen-bond donors (Lipinski definition) is 0. The molecule has 0 N–H and O–H groups in total. The molecule has 2 heterocycles. The number of likely N-dealkylation sites (N-methyl/N-ethyl adjacent to an activating group) is 1. The number of halogens is 1. The van der Waals surface area contributed by atoms with Crippen molar-refractivity contribution in [2.45, 2.75) is 6.04 Å². The van der Waals surface area contributed by atoms with E-state index in [9.17, 15) is 13.6 Å². The largest absolute Gasteiger partial charge is 0.607 e. The third kappa shape index (κ3) is 3.08. The summed E-state index contributed by atoms with van der Waals surface area (Å²) in [5.41, 5.74) is 0. The molecule has 0 saturated carbocycles. The Labute approximate surface area is 118 Å². The first kappa shape index (κ1) is 16.0. The van der Waals surface area contributed by atoms with Crippen LogP contribution in [0.1, 0.15) is 11.8 Å². The maximum absolute atomic E-state index is 11.9. The molecule has 1 saturated heterocycles. The lowest BCUT2D eigenvalue weighted by Gasteiger charge is -2.35. The van der Waals surface area contributed by atoms with E-state index < -0.39 is 16.3 Å². The van der Waals surface area contributed by atoms with Crippen LogP contribution in [-0.4, -0.2) is 55.2 Å². The molecule has 0 aliphatic carbocycles. The minimum absolute atomic E-state index is 0. The van der Waals surface area contributed by atoms with Gasteiger partial charge in [0.2, 0.25) is 0 Å². The summed E-state index contributed by atoms with van der Waals surface area (Å²) >= 11 is 0. The van der Waals surface area contributed by atoms with Crippen molar-refractivity contribution in [2.75, 3.05) is 26.7 Å². The van der Waals surface area contributed by atoms with Crippen LogP contribution in [-0.2, 0) is 10.2 Å². The Morgan fingerprint density at radius 1 is 1.53 bits per heavy atom. The number of hydrogen-bond acceptors (Lipinski definition) is 5. The second-order valence-electron chi connectivity index (χ2n) is 4.21. The predicted octanol–water partition coefficient (Wildman–Crippen LogP) is 0.446. The van der Waals surface area contributed by atoms with Crippen molar-refractivity contribution >= 4 is 29.3 Å². The standard InChI is InChI=1S/C10H15N3O4S.ClH/c1-11-5-6-13(18(15,16)12(2)14)9(8-11)10-4-3-7-17-10;/h3-4,7,9H,2,5-6,8H2,1H3;1H. The highest BCUT2D eigenvalue weighted by Gasteiger charge is 2.40. The smallest absolute Gasteiger partial charge is 0.453 e. The Morgan fingerprint density at radius 2 is 2.21 bits per heavy atom. The highest BCUT2D eigenvalue weighted by Crippen LogP contribution is 2.28. The van der Waals surface area contributed by atoms with Gasteiger partial charge in [-0.1, -0.05) is 4.14 Å². The molecule has 1 aliphatic rings. The van der Waals surface area contributed by atoms with Gasteiger partial charge in [0.1, 0.15) is 11.8 Å². The lowest BCUT2D eigenvalue weighted by atomic mass is 10.2. The third-order valence-electron chi connectivity index (χ3n) is 2.96. The Morgan fingerprint density at radius 3 is 2.74 bits per heavy atom. The molecule has 0 spiro atoms. The number of piperazine rings is 1. The lowest BCUT2D eigenvalue weighted by Crippen LogP contribution is -2.50. The Kier molecular flexibility index (Phi) is 4.97. The van der Waals surface area contributed by atoms with E-state index in [0.717, 1.165) is 4.31 Å². The van der Waals surface area contributed by atoms with Gasteiger partial charge in [0.25, 0.3) is 0 Å². The normalized spacial score (nSPS) is 21.8. The molecule has 1 unspecified atom stereocenters. The summed E-state index contributed by atoms with van der Waals surface area (Å²) in [6.45, 7) is 4.19. The highest BCUT2D eigenvalue weighted by atomic mass is 35.5. The van der Waals surface area contributed by atoms with Crippen molar-refractivity contribution in [3.8, 4) is 0 Å². The Bertz CT molecular complexity index is 531. The maximum atomic E-state index is 11.9. The van der Waals surface area contributed by atoms with Crippen LogP contribution in [0.15, 0.2) is 22.8 Å². The molecule has 7 nitrogen and oxygen atoms in total. The van der Waals surface area contributed by atoms with Gasteiger partial charge >= 0.3 is 10.2 Å². The second kappa shape index (κ2) is 5.91. The third-order valence-corrected chi connectivity index (χ3v) is 4.50. The maximum Gasteiger partial charge on any atom is 0.453 e. The fourth-order valence-corrected chi connectivity index (χ4v) is 3.05. The van der Waals surface area contributed by atoms with Crippen LogP contribution in [0.5, 0.6) is 0 Å². The van der Waals surface area contributed by atoms with Crippen molar-refractivity contribution in [1.82, 2.24) is 9.21 Å². The van der Waals surface area contributed by atoms with Crippen LogP contribution in [0.4, 0.5) is 0 Å². The summed E-state index contributed by atoms with van der Waals surface area (Å²) in [6, 6.07) is 2.89. The molecule has 108 valence electrons. The topological polar surface area (TPSA) is 79.8 Å². The summed E-state index contributed by atoms with van der Waals surface area (Å²) in [5, 5.41) is 11.1. The molecule has 1 aromatic heterocycles. The average Bonchev–Trinajstić information content (AvgIpc) is 2.81. The lowest BCUT2D eigenvalue weighted by molar-refractivity contribution is -0.278. The first-order valence-corrected chi connectivity index (χ1v) is 6.84. The molecule has 1 fully saturated rings. The fourth-order valence-electron chi connectivity index (χ4n) is 2.01. The SMILES string of the molecule is C=[N+]([O-])S(=O)(=O)N1CCN(C)CC1c1ccco1.Cl. The minimum Gasteiger partial charge on any atom is -0.607 e. The van der Waals surface area contributed by atoms with E-state index >= 15 is 0 Å². The van der Waals surface area contributed by atoms with Crippen LogP contribution >= 0.6 is 12.4 Å². The summed E-state index contributed by atoms with van der Waals surface area (Å²) in [4.78, 5) is 1.98. The van der Waals surface area contributed by atoms with E-state index in [2.05, 4.69) is 6.72 Å². The van der Waals surface area contributed by atoms with Gasteiger partial charge < -0.3 is 14.5 Å². The summed E-state index contributed by atoms with van der Waals surface area (Å²) in [6.07, 6.45) is 1.48. The van der Waals surface area contributed by atoms with E-state index in [0.29, 0.717) is 18.8 Å². The number of rotatable bonds is 3. The van der Waals surface area contributed by atoms with Crippen LogP contribution in [0.25, 0.3) is 0 Å². The monoisotopic (exact) mass is 309 g/mol. The quantitative estimate of drug-likeness (QED) is 0.350. The molecule has 1 aliphatic heterocycles. The zero-order chi connectivity index (χ0) is 13.3. The van der Waals surface area contributed by atoms with Crippen LogP contribution in [0.2, 0.25) is 0 Å². The molecule has 2 rings (SSSR count). The summed E-state index contributed by atoms with van der Waals surface area (Å²) in [7, 11) is -2.20. The van der Waals surface area contributed by atoms with Crippen molar-refractivity contribution in [3.63, 3.8) is 0 Å². The van der Waals surface area contributed by atoms with Crippen molar-refractivity contribution in [2.24, 2.45) is 0 Å². The van der Waals surface area contributed by atoms with Crippen molar-refractivity contribution < 1.29 is 17.0 Å². The fraction of sp³-hybridized carbons (Fsp3) is 0.500. The van der Waals surface area contributed by atoms with E-state index in [1.54, 1.807) is 12.1 Å². The highest BCUT2D eigenvalue weighted by molar-refractivity contribution is 7.83. The van der Waals surface area contributed by atoms with E-state index in [1.165, 1.54) is 6.26 Å². The van der Waals surface area contributed by atoms with E-state index in [4.69, 9.17) is 4.42 Å². The Balaban J connectivity index is 0.00000180. The molecular weight excluding hydrogens is 294 g/mol. The van der Waals surface area contributed by atoms with Crippen LogP contribution in [0.3, 0.4) is 0 Å². The van der Waals surface area contributed by atoms with Gasteiger partial charge in [-0.3, -0.25) is 0 Å². The molecule has 19 heavy (non-hydrogen) atoms. The van der Waals surface area contributed by atoms with Crippen molar-refractivity contribution in [3.05, 3.63) is 29.4 Å². The minimum atomic E-state index is -4.09. The molecular formula is C10H16ClN3O4S. The van der Waals surface area contributed by atoms with Gasteiger partial charge in [0.05, 0.1) is 6.26 Å². The van der Waals surface area contributed by atoms with Gasteiger partial charge in [0.15, 0.2) is 6.72 Å².